The predicted molar refractivity (Wildman–Crippen MR) is 41.8 cm³/mol. The third-order valence-corrected chi connectivity index (χ3v) is 1.54. The molecule has 2 aliphatic rings. The molecule has 0 fully saturated rings. The summed E-state index contributed by atoms with van der Waals surface area (Å²) in [5.74, 6) is 0.638. The molecule has 0 unspecified atom stereocenters. The fraction of sp³-hybridized carbons (Fsp3) is 0. The van der Waals surface area contributed by atoms with E-state index in [9.17, 15) is 0 Å². The van der Waals surface area contributed by atoms with Gasteiger partial charge < -0.3 is 0 Å². The summed E-state index contributed by atoms with van der Waals surface area (Å²) in [7, 11) is 0. The van der Waals surface area contributed by atoms with Crippen LogP contribution in [0.2, 0.25) is 0 Å². The van der Waals surface area contributed by atoms with E-state index in [1.165, 1.54) is 0 Å². The maximum absolute atomic E-state index is 4.02. The van der Waals surface area contributed by atoms with Crippen LogP contribution in [-0.4, -0.2) is 11.5 Å². The highest BCUT2D eigenvalue weighted by Crippen LogP contribution is 2.18. The minimum Gasteiger partial charge on any atom is -0.219 e. The lowest BCUT2D eigenvalue weighted by molar-refractivity contribution is 1.12. The van der Waals surface area contributed by atoms with Crippen LogP contribution in [0.3, 0.4) is 0 Å². The smallest absolute Gasteiger partial charge is 0.205 e. The Morgan fingerprint density at radius 3 is 3.11 bits per heavy atom. The topological polar surface area (TPSA) is 49.4 Å². The quantitative estimate of drug-likeness (QED) is 0.448. The fourth-order valence-corrected chi connectivity index (χ4v) is 1.15. The first-order valence-corrected chi connectivity index (χ1v) is 3.39. The molecule has 9 heavy (non-hydrogen) atoms. The van der Waals surface area contributed by atoms with Crippen LogP contribution in [0.4, 0.5) is 0 Å². The Bertz CT molecular complexity index is 272. The summed E-state index contributed by atoms with van der Waals surface area (Å²) in [6.45, 7) is 0. The Balaban J connectivity index is 2.53. The van der Waals surface area contributed by atoms with Crippen LogP contribution in [0.5, 0.6) is 0 Å². The van der Waals surface area contributed by atoms with Crippen LogP contribution in [0.25, 0.3) is 0 Å². The van der Waals surface area contributed by atoms with Gasteiger partial charge in [0.15, 0.2) is 0 Å². The van der Waals surface area contributed by atoms with Crippen molar-refractivity contribution < 1.29 is 0 Å². The lowest BCUT2D eigenvalue weighted by Gasteiger charge is -1.75. The zero-order valence-corrected chi connectivity index (χ0v) is 6.40. The second-order valence-electron chi connectivity index (χ2n) is 1.58. The maximum atomic E-state index is 4.02. The minimum atomic E-state index is 0.638. The van der Waals surface area contributed by atoms with Crippen molar-refractivity contribution in [2.24, 2.45) is 20.4 Å². The third kappa shape index (κ3) is 0.716. The molecule has 0 saturated carbocycles. The van der Waals surface area contributed by atoms with E-state index in [0.717, 1.165) is 9.42 Å². The number of hydrogen-bond acceptors (Lipinski definition) is 4. The molecular weight excluding hydrogens is 231 g/mol. The van der Waals surface area contributed by atoms with Gasteiger partial charge in [0.1, 0.15) is 9.42 Å². The molecule has 0 saturated heterocycles. The predicted octanol–water partition coefficient (Wildman–Crippen LogP) is 1.50. The molecule has 0 amide bonds. The van der Waals surface area contributed by atoms with Gasteiger partial charge in [0, 0.05) is 6.08 Å². The molecule has 0 bridgehead atoms. The molecule has 0 aromatic rings. The molecule has 0 aliphatic carbocycles. The first kappa shape index (κ1) is 5.21. The summed E-state index contributed by atoms with van der Waals surface area (Å²) in [5, 5.41) is 10.8. The van der Waals surface area contributed by atoms with Gasteiger partial charge >= 0.3 is 0 Å². The van der Waals surface area contributed by atoms with Crippen molar-refractivity contribution in [2.45, 2.75) is 0 Å². The summed E-state index contributed by atoms with van der Waals surface area (Å²) in [5.41, 5.74) is 0.777. The number of aliphatic imine (C=N–C) groups is 1. The van der Waals surface area contributed by atoms with Gasteiger partial charge in [-0.05, 0) is 27.8 Å². The van der Waals surface area contributed by atoms with E-state index in [2.05, 4.69) is 43.0 Å². The molecule has 44 valence electrons. The summed E-state index contributed by atoms with van der Waals surface area (Å²) in [4.78, 5) is 4.02. The second-order valence-corrected chi connectivity index (χ2v) is 2.68. The standard InChI is InChI=1S/C4HIN4/c5-3-1-2-4(6-3)8-9-7-2/h1H. The lowest BCUT2D eigenvalue weighted by Crippen LogP contribution is -1.98. The van der Waals surface area contributed by atoms with Gasteiger partial charge in [-0.25, -0.2) is 4.99 Å². The Hall–Kier alpha value is -0.590. The lowest BCUT2D eigenvalue weighted by atomic mass is 10.4. The zero-order chi connectivity index (χ0) is 6.27. The van der Waals surface area contributed by atoms with Gasteiger partial charge in [-0.3, -0.25) is 0 Å². The van der Waals surface area contributed by atoms with Gasteiger partial charge in [0.2, 0.25) is 5.84 Å². The molecule has 2 rings (SSSR count). The van der Waals surface area contributed by atoms with Gasteiger partial charge in [-0.1, -0.05) is 0 Å². The molecule has 0 aromatic carbocycles. The van der Waals surface area contributed by atoms with Gasteiger partial charge in [0.05, 0.1) is 0 Å². The number of nitrogens with zero attached hydrogens (tertiary/aromatic N) is 4. The first-order chi connectivity index (χ1) is 4.36. The minimum absolute atomic E-state index is 0.638. The Kier molecular flexibility index (Phi) is 0.981. The number of hydrogen-bond donors (Lipinski definition) is 0. The SMILES string of the molecule is IC1=CC2=NN=NC2=N1. The number of amidine groups is 1. The summed E-state index contributed by atoms with van der Waals surface area (Å²) < 4.78 is 0.917. The highest BCUT2D eigenvalue weighted by molar-refractivity contribution is 14.1. The van der Waals surface area contributed by atoms with Gasteiger partial charge in [0.25, 0.3) is 0 Å². The molecular formula is C4HIN4. The number of fused-ring (bicyclic) bond motifs is 1. The van der Waals surface area contributed by atoms with Crippen LogP contribution >= 0.6 is 22.6 Å². The zero-order valence-electron chi connectivity index (χ0n) is 4.24. The highest BCUT2D eigenvalue weighted by atomic mass is 127. The van der Waals surface area contributed by atoms with E-state index < -0.39 is 0 Å². The molecule has 2 heterocycles. The molecule has 5 heteroatoms. The van der Waals surface area contributed by atoms with E-state index in [1.54, 1.807) is 0 Å². The number of halogens is 1. The van der Waals surface area contributed by atoms with Crippen LogP contribution in [0.15, 0.2) is 30.2 Å². The average Bonchev–Trinajstić information content (AvgIpc) is 2.22. The van der Waals surface area contributed by atoms with Crippen molar-refractivity contribution in [2.75, 3.05) is 0 Å². The molecule has 0 radical (unpaired) electrons. The van der Waals surface area contributed by atoms with E-state index in [0.29, 0.717) is 5.84 Å². The summed E-state index contributed by atoms with van der Waals surface area (Å²) >= 11 is 2.11. The molecule has 0 spiro atoms. The van der Waals surface area contributed by atoms with Crippen LogP contribution < -0.4 is 0 Å². The van der Waals surface area contributed by atoms with Gasteiger partial charge in [-0.15, -0.1) is 10.2 Å². The van der Waals surface area contributed by atoms with Crippen molar-refractivity contribution in [3.8, 4) is 0 Å². The number of rotatable bonds is 0. The van der Waals surface area contributed by atoms with E-state index in [1.807, 2.05) is 6.08 Å². The van der Waals surface area contributed by atoms with Crippen LogP contribution in [-0.2, 0) is 0 Å². The Labute approximate surface area is 64.6 Å². The Morgan fingerprint density at radius 1 is 1.44 bits per heavy atom. The van der Waals surface area contributed by atoms with Crippen molar-refractivity contribution in [1.29, 1.82) is 0 Å². The van der Waals surface area contributed by atoms with Crippen molar-refractivity contribution in [3.63, 3.8) is 0 Å². The van der Waals surface area contributed by atoms with Crippen LogP contribution in [0.1, 0.15) is 0 Å². The summed E-state index contributed by atoms with van der Waals surface area (Å²) in [6, 6.07) is 0. The van der Waals surface area contributed by atoms with E-state index >= 15 is 0 Å². The van der Waals surface area contributed by atoms with E-state index in [4.69, 9.17) is 0 Å². The molecule has 0 N–H and O–H groups in total. The van der Waals surface area contributed by atoms with Crippen molar-refractivity contribution in [1.82, 2.24) is 0 Å². The molecule has 2 aliphatic heterocycles. The normalized spacial score (nSPS) is 21.2. The average molecular weight is 232 g/mol. The van der Waals surface area contributed by atoms with Crippen molar-refractivity contribution >= 4 is 34.1 Å². The third-order valence-electron chi connectivity index (χ3n) is 0.990. The molecule has 0 atom stereocenters. The van der Waals surface area contributed by atoms with E-state index in [-0.39, 0.29) is 0 Å². The van der Waals surface area contributed by atoms with Crippen LogP contribution in [0, 0.1) is 0 Å². The molecule has 4 nitrogen and oxygen atoms in total. The maximum Gasteiger partial charge on any atom is 0.205 e. The molecule has 0 aromatic heterocycles. The fourth-order valence-electron chi connectivity index (χ4n) is 0.628. The van der Waals surface area contributed by atoms with Gasteiger partial charge in [-0.2, -0.15) is 0 Å². The summed E-state index contributed by atoms with van der Waals surface area (Å²) in [6.07, 6.45) is 1.84. The second kappa shape index (κ2) is 1.69. The monoisotopic (exact) mass is 232 g/mol. The first-order valence-electron chi connectivity index (χ1n) is 2.31. The Morgan fingerprint density at radius 2 is 2.33 bits per heavy atom. The largest absolute Gasteiger partial charge is 0.219 e. The highest BCUT2D eigenvalue weighted by Gasteiger charge is 2.17. The van der Waals surface area contributed by atoms with Crippen molar-refractivity contribution in [3.05, 3.63) is 9.78 Å².